The quantitative estimate of drug-likeness (QED) is 0.546. The molecule has 104 valence electrons. The van der Waals surface area contributed by atoms with Crippen LogP contribution in [-0.2, 0) is 0 Å². The van der Waals surface area contributed by atoms with Crippen molar-refractivity contribution in [3.05, 3.63) is 65.5 Å². The summed E-state index contributed by atoms with van der Waals surface area (Å²) in [5, 5.41) is 12.7. The highest BCUT2D eigenvalue weighted by molar-refractivity contribution is 6.03. The molecule has 0 aliphatic carbocycles. The minimum Gasteiger partial charge on any atom is -0.411 e. The van der Waals surface area contributed by atoms with Crippen molar-refractivity contribution in [1.29, 1.82) is 0 Å². The zero-order valence-corrected chi connectivity index (χ0v) is 11.7. The van der Waals surface area contributed by atoms with Crippen LogP contribution in [0.15, 0.2) is 53.7 Å². The van der Waals surface area contributed by atoms with Gasteiger partial charge in [0.25, 0.3) is 0 Å². The first-order chi connectivity index (χ1) is 10.3. The second kappa shape index (κ2) is 4.45. The van der Waals surface area contributed by atoms with E-state index in [0.717, 1.165) is 16.9 Å². The topological polar surface area (TPSA) is 50.4 Å². The number of hydrogen-bond acceptors (Lipinski definition) is 3. The van der Waals surface area contributed by atoms with Gasteiger partial charge in [-0.05, 0) is 30.2 Å². The summed E-state index contributed by atoms with van der Waals surface area (Å²) in [6, 6.07) is 16.6. The van der Waals surface area contributed by atoms with Crippen LogP contribution in [0.25, 0.3) is 11.0 Å². The van der Waals surface area contributed by atoms with Crippen molar-refractivity contribution in [2.45, 2.75) is 19.4 Å². The van der Waals surface area contributed by atoms with E-state index in [1.807, 2.05) is 24.3 Å². The number of benzene rings is 2. The summed E-state index contributed by atoms with van der Waals surface area (Å²) in [6.07, 6.45) is 0.673. The maximum atomic E-state index is 9.29. The van der Waals surface area contributed by atoms with Gasteiger partial charge in [-0.25, -0.2) is 4.98 Å². The molecule has 0 saturated carbocycles. The Hall–Kier alpha value is -2.62. The normalized spacial score (nSPS) is 19.3. The molecule has 1 atom stereocenters. The van der Waals surface area contributed by atoms with E-state index < -0.39 is 0 Å². The summed E-state index contributed by atoms with van der Waals surface area (Å²) < 4.78 is 2.19. The number of oxime groups is 1. The molecule has 4 nitrogen and oxygen atoms in total. The van der Waals surface area contributed by atoms with Gasteiger partial charge in [0.2, 0.25) is 0 Å². The number of hydrogen-bond donors (Lipinski definition) is 1. The molecule has 0 amide bonds. The van der Waals surface area contributed by atoms with E-state index in [0.29, 0.717) is 12.1 Å². The SMILES string of the molecule is Cc1ccc2nc3n(c2c1)C(c1ccccc1)C/C3=N/O. The Morgan fingerprint density at radius 3 is 2.76 bits per heavy atom. The average Bonchev–Trinajstić information content (AvgIpc) is 3.05. The number of rotatable bonds is 1. The smallest absolute Gasteiger partial charge is 0.159 e. The van der Waals surface area contributed by atoms with Crippen LogP contribution in [-0.4, -0.2) is 20.5 Å². The molecule has 0 spiro atoms. The fourth-order valence-corrected chi connectivity index (χ4v) is 3.12. The third kappa shape index (κ3) is 1.76. The Morgan fingerprint density at radius 1 is 1.19 bits per heavy atom. The van der Waals surface area contributed by atoms with E-state index in [1.165, 1.54) is 11.1 Å². The number of aryl methyl sites for hydroxylation is 1. The van der Waals surface area contributed by atoms with Crippen LogP contribution in [0, 0.1) is 6.92 Å². The average molecular weight is 277 g/mol. The lowest BCUT2D eigenvalue weighted by Crippen LogP contribution is -2.05. The zero-order chi connectivity index (χ0) is 14.4. The van der Waals surface area contributed by atoms with Crippen molar-refractivity contribution in [3.63, 3.8) is 0 Å². The molecule has 1 aliphatic heterocycles. The van der Waals surface area contributed by atoms with Gasteiger partial charge in [0.05, 0.1) is 17.1 Å². The lowest BCUT2D eigenvalue weighted by molar-refractivity contribution is 0.318. The summed E-state index contributed by atoms with van der Waals surface area (Å²) in [7, 11) is 0. The highest BCUT2D eigenvalue weighted by Gasteiger charge is 2.32. The highest BCUT2D eigenvalue weighted by atomic mass is 16.4. The second-order valence-corrected chi connectivity index (χ2v) is 5.47. The van der Waals surface area contributed by atoms with Crippen LogP contribution in [0.1, 0.15) is 29.4 Å². The van der Waals surface area contributed by atoms with E-state index in [-0.39, 0.29) is 6.04 Å². The molecular formula is C17H15N3O. The van der Waals surface area contributed by atoms with Gasteiger partial charge in [-0.2, -0.15) is 0 Å². The summed E-state index contributed by atoms with van der Waals surface area (Å²) in [4.78, 5) is 4.63. The molecule has 4 heteroatoms. The maximum Gasteiger partial charge on any atom is 0.159 e. The molecule has 3 aromatic rings. The third-order valence-electron chi connectivity index (χ3n) is 4.11. The molecule has 1 N–H and O–H groups in total. The van der Waals surface area contributed by atoms with Gasteiger partial charge in [-0.3, -0.25) is 0 Å². The summed E-state index contributed by atoms with van der Waals surface area (Å²) in [5.41, 5.74) is 5.09. The molecule has 21 heavy (non-hydrogen) atoms. The van der Waals surface area contributed by atoms with Gasteiger partial charge in [-0.1, -0.05) is 41.6 Å². The second-order valence-electron chi connectivity index (χ2n) is 5.47. The van der Waals surface area contributed by atoms with E-state index in [1.54, 1.807) is 0 Å². The minimum atomic E-state index is 0.138. The monoisotopic (exact) mass is 277 g/mol. The van der Waals surface area contributed by atoms with Crippen LogP contribution in [0.2, 0.25) is 0 Å². The molecule has 0 fully saturated rings. The van der Waals surface area contributed by atoms with Crippen LogP contribution in [0.4, 0.5) is 0 Å². The fraction of sp³-hybridized carbons (Fsp3) is 0.176. The molecule has 0 saturated heterocycles. The van der Waals surface area contributed by atoms with E-state index in [9.17, 15) is 5.21 Å². The predicted octanol–water partition coefficient (Wildman–Crippen LogP) is 3.52. The van der Waals surface area contributed by atoms with Crippen LogP contribution in [0.5, 0.6) is 0 Å². The maximum absolute atomic E-state index is 9.29. The molecule has 4 rings (SSSR count). The molecular weight excluding hydrogens is 262 g/mol. The molecule has 2 heterocycles. The molecule has 1 aromatic heterocycles. The van der Waals surface area contributed by atoms with Crippen molar-refractivity contribution in [2.24, 2.45) is 5.16 Å². The van der Waals surface area contributed by atoms with E-state index in [2.05, 4.69) is 45.9 Å². The lowest BCUT2D eigenvalue weighted by Gasteiger charge is -2.14. The molecule has 0 bridgehead atoms. The minimum absolute atomic E-state index is 0.138. The standard InChI is InChI=1S/C17H15N3O/c1-11-7-8-13-16(9-11)20-15(12-5-3-2-4-6-12)10-14(19-21)17(20)18-13/h2-9,15,21H,10H2,1H3/b19-14-. The van der Waals surface area contributed by atoms with E-state index in [4.69, 9.17) is 0 Å². The molecule has 1 unspecified atom stereocenters. The van der Waals surface area contributed by atoms with Crippen molar-refractivity contribution >= 4 is 16.7 Å². The highest BCUT2D eigenvalue weighted by Crippen LogP contribution is 2.35. The summed E-state index contributed by atoms with van der Waals surface area (Å²) in [6.45, 7) is 2.08. The predicted molar refractivity (Wildman–Crippen MR) is 82.0 cm³/mol. The van der Waals surface area contributed by atoms with Gasteiger partial charge in [0.15, 0.2) is 5.82 Å². The summed E-state index contributed by atoms with van der Waals surface area (Å²) in [5.74, 6) is 0.770. The Morgan fingerprint density at radius 2 is 2.00 bits per heavy atom. The number of imidazole rings is 1. The van der Waals surface area contributed by atoms with Gasteiger partial charge in [0, 0.05) is 6.42 Å². The first-order valence-electron chi connectivity index (χ1n) is 7.03. The van der Waals surface area contributed by atoms with Gasteiger partial charge >= 0.3 is 0 Å². The molecule has 2 aromatic carbocycles. The van der Waals surface area contributed by atoms with Crippen molar-refractivity contribution < 1.29 is 5.21 Å². The van der Waals surface area contributed by atoms with E-state index >= 15 is 0 Å². The largest absolute Gasteiger partial charge is 0.411 e. The summed E-state index contributed by atoms with van der Waals surface area (Å²) >= 11 is 0. The van der Waals surface area contributed by atoms with Crippen LogP contribution < -0.4 is 0 Å². The zero-order valence-electron chi connectivity index (χ0n) is 11.7. The van der Waals surface area contributed by atoms with Gasteiger partial charge in [0.1, 0.15) is 5.71 Å². The Kier molecular flexibility index (Phi) is 2.57. The van der Waals surface area contributed by atoms with Crippen LogP contribution >= 0.6 is 0 Å². The van der Waals surface area contributed by atoms with Crippen molar-refractivity contribution in [1.82, 2.24) is 9.55 Å². The van der Waals surface area contributed by atoms with Crippen LogP contribution in [0.3, 0.4) is 0 Å². The molecule has 1 aliphatic rings. The number of fused-ring (bicyclic) bond motifs is 3. The Labute approximate surface area is 122 Å². The molecule has 0 radical (unpaired) electrons. The van der Waals surface area contributed by atoms with Crippen molar-refractivity contribution in [3.8, 4) is 0 Å². The third-order valence-corrected chi connectivity index (χ3v) is 4.11. The first-order valence-corrected chi connectivity index (χ1v) is 7.03. The van der Waals surface area contributed by atoms with Crippen molar-refractivity contribution in [2.75, 3.05) is 0 Å². The Balaban J connectivity index is 2.00. The number of nitrogens with zero attached hydrogens (tertiary/aromatic N) is 3. The number of aromatic nitrogens is 2. The first kappa shape index (κ1) is 12.1. The van der Waals surface area contributed by atoms with Gasteiger partial charge in [-0.15, -0.1) is 0 Å². The van der Waals surface area contributed by atoms with Gasteiger partial charge < -0.3 is 9.77 Å². The fourth-order valence-electron chi connectivity index (χ4n) is 3.12. The lowest BCUT2D eigenvalue weighted by atomic mass is 10.0. The Bertz CT molecular complexity index is 849.